The third-order valence-electron chi connectivity index (χ3n) is 3.12. The molecular weight excluding hydrogens is 351 g/mol. The molecule has 0 heterocycles. The standard InChI is InChI=1S/C14H33IN2Si/c1-11(2)16(13(5,6)7)18(15)17(12(3)4)14(8,9)10/h11-12,18H,1-10H3. The molecule has 0 fully saturated rings. The van der Waals surface area contributed by atoms with Crippen LogP contribution in [0.5, 0.6) is 0 Å². The van der Waals surface area contributed by atoms with Gasteiger partial charge in [0, 0.05) is 11.1 Å². The van der Waals surface area contributed by atoms with Crippen LogP contribution in [-0.4, -0.2) is 38.9 Å². The molecule has 18 heavy (non-hydrogen) atoms. The Morgan fingerprint density at radius 1 is 0.722 bits per heavy atom. The van der Waals surface area contributed by atoms with Gasteiger partial charge in [0.15, 0.2) is 0 Å². The molecule has 0 aromatic carbocycles. The van der Waals surface area contributed by atoms with Crippen LogP contribution >= 0.6 is 21.8 Å². The second-order valence-corrected chi connectivity index (χ2v) is 12.7. The summed E-state index contributed by atoms with van der Waals surface area (Å²) in [5.74, 6) is 0. The lowest BCUT2D eigenvalue weighted by Gasteiger charge is -2.51. The first-order chi connectivity index (χ1) is 7.80. The van der Waals surface area contributed by atoms with E-state index in [9.17, 15) is 0 Å². The van der Waals surface area contributed by atoms with Crippen molar-refractivity contribution in [2.75, 3.05) is 0 Å². The van der Waals surface area contributed by atoms with Crippen molar-refractivity contribution in [3.63, 3.8) is 0 Å². The fraction of sp³-hybridized carbons (Fsp3) is 1.00. The lowest BCUT2D eigenvalue weighted by molar-refractivity contribution is 0.145. The Kier molecular flexibility index (Phi) is 6.86. The van der Waals surface area contributed by atoms with Crippen molar-refractivity contribution in [2.45, 2.75) is 92.4 Å². The Morgan fingerprint density at radius 3 is 1.06 bits per heavy atom. The van der Waals surface area contributed by atoms with Crippen LogP contribution in [0.4, 0.5) is 0 Å². The van der Waals surface area contributed by atoms with E-state index in [1.165, 1.54) is 0 Å². The van der Waals surface area contributed by atoms with E-state index in [-0.39, 0.29) is 11.1 Å². The van der Waals surface area contributed by atoms with Gasteiger partial charge >= 0.3 is 0 Å². The van der Waals surface area contributed by atoms with Gasteiger partial charge in [-0.3, -0.25) is 9.13 Å². The molecule has 0 unspecified atom stereocenters. The van der Waals surface area contributed by atoms with Crippen molar-refractivity contribution in [1.82, 2.24) is 9.13 Å². The highest BCUT2D eigenvalue weighted by Gasteiger charge is 2.39. The van der Waals surface area contributed by atoms with Crippen LogP contribution in [0.3, 0.4) is 0 Å². The van der Waals surface area contributed by atoms with Gasteiger partial charge in [0.25, 0.3) is 6.62 Å². The van der Waals surface area contributed by atoms with E-state index in [2.05, 4.69) is 100 Å². The van der Waals surface area contributed by atoms with Gasteiger partial charge in [-0.15, -0.1) is 0 Å². The predicted molar refractivity (Wildman–Crippen MR) is 94.6 cm³/mol. The van der Waals surface area contributed by atoms with Crippen molar-refractivity contribution < 1.29 is 0 Å². The monoisotopic (exact) mass is 384 g/mol. The summed E-state index contributed by atoms with van der Waals surface area (Å²) in [7, 11) is 0. The van der Waals surface area contributed by atoms with E-state index in [4.69, 9.17) is 0 Å². The SMILES string of the molecule is CC(C)N([SiH](I)N(C(C)C)C(C)(C)C)C(C)(C)C. The van der Waals surface area contributed by atoms with Gasteiger partial charge in [-0.2, -0.15) is 0 Å². The van der Waals surface area contributed by atoms with Gasteiger partial charge in [0.1, 0.15) is 0 Å². The van der Waals surface area contributed by atoms with E-state index >= 15 is 0 Å². The highest BCUT2D eigenvalue weighted by molar-refractivity contribution is 14.1. The maximum atomic E-state index is 2.74. The van der Waals surface area contributed by atoms with Crippen LogP contribution < -0.4 is 0 Å². The van der Waals surface area contributed by atoms with E-state index in [0.29, 0.717) is 12.1 Å². The first kappa shape index (κ1) is 18.9. The number of hydrogen-bond acceptors (Lipinski definition) is 2. The van der Waals surface area contributed by atoms with Crippen LogP contribution in [0.1, 0.15) is 69.2 Å². The van der Waals surface area contributed by atoms with Crippen molar-refractivity contribution in [3.05, 3.63) is 0 Å². The maximum absolute atomic E-state index is 2.74. The summed E-state index contributed by atoms with van der Waals surface area (Å²) >= 11 is 2.74. The molecule has 0 spiro atoms. The van der Waals surface area contributed by atoms with E-state index in [1.54, 1.807) is 0 Å². The molecule has 0 radical (unpaired) electrons. The summed E-state index contributed by atoms with van der Waals surface area (Å²) in [5, 5.41) is 0. The molecule has 0 saturated carbocycles. The lowest BCUT2D eigenvalue weighted by atomic mass is 10.1. The van der Waals surface area contributed by atoms with Crippen LogP contribution in [0.25, 0.3) is 0 Å². The van der Waals surface area contributed by atoms with Crippen LogP contribution in [0.15, 0.2) is 0 Å². The molecule has 0 bridgehead atoms. The summed E-state index contributed by atoms with van der Waals surface area (Å²) in [6, 6.07) is 1.20. The number of nitrogens with zero attached hydrogens (tertiary/aromatic N) is 2. The molecule has 0 aromatic heterocycles. The molecule has 0 N–H and O–H groups in total. The van der Waals surface area contributed by atoms with Gasteiger partial charge in [-0.25, -0.2) is 0 Å². The van der Waals surface area contributed by atoms with Gasteiger partial charge in [-0.05, 0) is 53.6 Å². The van der Waals surface area contributed by atoms with Crippen molar-refractivity contribution in [1.29, 1.82) is 0 Å². The number of halogens is 1. The molecule has 0 aliphatic carbocycles. The average molecular weight is 384 g/mol. The Hall–Kier alpha value is 0.867. The van der Waals surface area contributed by atoms with Gasteiger partial charge in [-0.1, -0.05) is 49.5 Å². The number of rotatable bonds is 4. The zero-order valence-corrected chi connectivity index (χ0v) is 17.3. The molecule has 0 rings (SSSR count). The lowest BCUT2D eigenvalue weighted by Crippen LogP contribution is -2.64. The highest BCUT2D eigenvalue weighted by Crippen LogP contribution is 2.29. The maximum Gasteiger partial charge on any atom is 0.260 e. The van der Waals surface area contributed by atoms with E-state index in [0.717, 1.165) is 0 Å². The minimum absolute atomic E-state index is 0.241. The quantitative estimate of drug-likeness (QED) is 0.408. The summed E-state index contributed by atoms with van der Waals surface area (Å²) in [4.78, 5) is 0. The smallest absolute Gasteiger partial charge is 0.260 e. The summed E-state index contributed by atoms with van der Waals surface area (Å²) in [6.45, 7) is 22.2. The fourth-order valence-corrected chi connectivity index (χ4v) is 14.2. The van der Waals surface area contributed by atoms with Crippen molar-refractivity contribution >= 4 is 28.4 Å². The normalized spacial score (nSPS) is 14.7. The Bertz CT molecular complexity index is 228. The van der Waals surface area contributed by atoms with E-state index < -0.39 is 6.62 Å². The Morgan fingerprint density at radius 2 is 0.944 bits per heavy atom. The third kappa shape index (κ3) is 5.10. The second kappa shape index (κ2) is 6.55. The minimum Gasteiger partial charge on any atom is -0.299 e. The van der Waals surface area contributed by atoms with E-state index in [1.807, 2.05) is 0 Å². The molecule has 0 atom stereocenters. The zero-order chi connectivity index (χ0) is 14.9. The molecule has 0 amide bonds. The van der Waals surface area contributed by atoms with Crippen LogP contribution in [-0.2, 0) is 0 Å². The molecule has 2 nitrogen and oxygen atoms in total. The minimum atomic E-state index is -1.16. The van der Waals surface area contributed by atoms with Crippen LogP contribution in [0.2, 0.25) is 0 Å². The molecule has 0 aromatic rings. The molecule has 4 heteroatoms. The fourth-order valence-electron chi connectivity index (χ4n) is 2.81. The first-order valence-corrected chi connectivity index (χ1v) is 12.2. The zero-order valence-electron chi connectivity index (χ0n) is 14.0. The summed E-state index contributed by atoms with van der Waals surface area (Å²) in [6.07, 6.45) is 0. The Balaban J connectivity index is 5.35. The topological polar surface area (TPSA) is 6.48 Å². The van der Waals surface area contributed by atoms with Gasteiger partial charge < -0.3 is 0 Å². The van der Waals surface area contributed by atoms with Crippen molar-refractivity contribution in [3.8, 4) is 0 Å². The molecular formula is C14H33IN2Si. The average Bonchev–Trinajstić information content (AvgIpc) is 1.93. The Labute approximate surface area is 129 Å². The second-order valence-electron chi connectivity index (χ2n) is 7.65. The molecule has 110 valence electrons. The van der Waals surface area contributed by atoms with Gasteiger partial charge in [0.2, 0.25) is 0 Å². The van der Waals surface area contributed by atoms with Gasteiger partial charge in [0.05, 0.1) is 0 Å². The first-order valence-electron chi connectivity index (χ1n) is 7.01. The predicted octanol–water partition coefficient (Wildman–Crippen LogP) is 4.16. The summed E-state index contributed by atoms with van der Waals surface area (Å²) < 4.78 is 5.47. The third-order valence-corrected chi connectivity index (χ3v) is 10.4. The number of hydrogen-bond donors (Lipinski definition) is 0. The van der Waals surface area contributed by atoms with Crippen molar-refractivity contribution in [2.24, 2.45) is 0 Å². The molecule has 0 aliphatic rings. The molecule has 0 saturated heterocycles. The largest absolute Gasteiger partial charge is 0.299 e. The summed E-state index contributed by atoms with van der Waals surface area (Å²) in [5.41, 5.74) is 0.481. The molecule has 0 aliphatic heterocycles. The van der Waals surface area contributed by atoms with Crippen LogP contribution in [0, 0.1) is 0 Å². The highest BCUT2D eigenvalue weighted by atomic mass is 127.